The lowest BCUT2D eigenvalue weighted by Gasteiger charge is -2.24. The lowest BCUT2D eigenvalue weighted by atomic mass is 9.88. The largest absolute Gasteiger partial charge is 0.396 e. The van der Waals surface area contributed by atoms with Gasteiger partial charge in [-0.15, -0.1) is 0 Å². The van der Waals surface area contributed by atoms with Crippen molar-refractivity contribution in [2.75, 3.05) is 13.2 Å². The van der Waals surface area contributed by atoms with E-state index in [1.807, 2.05) is 13.8 Å². The molecule has 0 bridgehead atoms. The molecule has 0 saturated heterocycles. The molecular formula is C15H21F2NO2. The zero-order chi connectivity index (χ0) is 15.3. The number of amides is 1. The number of hydrogen-bond donors (Lipinski definition) is 2. The van der Waals surface area contributed by atoms with Gasteiger partial charge in [0.2, 0.25) is 0 Å². The topological polar surface area (TPSA) is 49.3 Å². The molecule has 1 aromatic rings. The second-order valence-electron chi connectivity index (χ2n) is 5.73. The molecule has 0 aliphatic heterocycles. The molecule has 0 aromatic heterocycles. The molecule has 0 unspecified atom stereocenters. The Morgan fingerprint density at radius 3 is 2.60 bits per heavy atom. The molecule has 1 rings (SSSR count). The Balaban J connectivity index is 2.75. The summed E-state index contributed by atoms with van der Waals surface area (Å²) in [6.45, 7) is 5.70. The first-order chi connectivity index (χ1) is 9.28. The highest BCUT2D eigenvalue weighted by Crippen LogP contribution is 2.22. The van der Waals surface area contributed by atoms with Gasteiger partial charge in [0.15, 0.2) is 0 Å². The Morgan fingerprint density at radius 1 is 1.35 bits per heavy atom. The first-order valence-corrected chi connectivity index (χ1v) is 6.62. The van der Waals surface area contributed by atoms with E-state index in [0.29, 0.717) is 19.4 Å². The fourth-order valence-electron chi connectivity index (χ4n) is 1.92. The van der Waals surface area contributed by atoms with Crippen LogP contribution in [0.2, 0.25) is 0 Å². The van der Waals surface area contributed by atoms with Gasteiger partial charge in [0.05, 0.1) is 0 Å². The molecule has 0 aliphatic carbocycles. The first kappa shape index (κ1) is 16.6. The van der Waals surface area contributed by atoms with E-state index in [-0.39, 0.29) is 17.6 Å². The minimum atomic E-state index is -0.862. The number of rotatable bonds is 6. The molecule has 0 aliphatic rings. The third-order valence-electron chi connectivity index (χ3n) is 3.25. The Morgan fingerprint density at radius 2 is 2.00 bits per heavy atom. The van der Waals surface area contributed by atoms with Crippen molar-refractivity contribution >= 4 is 5.91 Å². The van der Waals surface area contributed by atoms with Crippen molar-refractivity contribution in [2.24, 2.45) is 5.41 Å². The zero-order valence-electron chi connectivity index (χ0n) is 12.1. The zero-order valence-corrected chi connectivity index (χ0v) is 12.1. The Labute approximate surface area is 118 Å². The van der Waals surface area contributed by atoms with Crippen LogP contribution in [-0.4, -0.2) is 24.2 Å². The average molecular weight is 285 g/mol. The summed E-state index contributed by atoms with van der Waals surface area (Å²) >= 11 is 0. The predicted octanol–water partition coefficient (Wildman–Crippen LogP) is 2.80. The van der Waals surface area contributed by atoms with Gasteiger partial charge in [0.1, 0.15) is 17.2 Å². The molecule has 0 radical (unpaired) electrons. The first-order valence-electron chi connectivity index (χ1n) is 6.62. The molecule has 0 saturated carbocycles. The molecule has 2 N–H and O–H groups in total. The third kappa shape index (κ3) is 4.27. The number of aryl methyl sites for hydroxylation is 1. The number of halogens is 2. The summed E-state index contributed by atoms with van der Waals surface area (Å²) < 4.78 is 27.4. The Hall–Kier alpha value is -1.49. The Kier molecular flexibility index (Phi) is 5.62. The van der Waals surface area contributed by atoms with Gasteiger partial charge in [-0.05, 0) is 36.8 Å². The number of benzene rings is 1. The van der Waals surface area contributed by atoms with E-state index in [0.717, 1.165) is 6.07 Å². The average Bonchev–Trinajstić information content (AvgIpc) is 2.39. The summed E-state index contributed by atoms with van der Waals surface area (Å²) in [4.78, 5) is 11.9. The van der Waals surface area contributed by atoms with Crippen LogP contribution in [0.5, 0.6) is 0 Å². The van der Waals surface area contributed by atoms with Crippen LogP contribution in [0.3, 0.4) is 0 Å². The quantitative estimate of drug-likeness (QED) is 0.844. The minimum absolute atomic E-state index is 0.0819. The van der Waals surface area contributed by atoms with Gasteiger partial charge in [0.25, 0.3) is 5.91 Å². The van der Waals surface area contributed by atoms with Gasteiger partial charge in [-0.1, -0.05) is 19.9 Å². The molecule has 1 aromatic carbocycles. The van der Waals surface area contributed by atoms with Gasteiger partial charge in [0, 0.05) is 13.2 Å². The molecule has 0 atom stereocenters. The summed E-state index contributed by atoms with van der Waals surface area (Å²) in [5.74, 6) is -2.43. The predicted molar refractivity (Wildman–Crippen MR) is 73.5 cm³/mol. The van der Waals surface area contributed by atoms with Crippen molar-refractivity contribution in [3.63, 3.8) is 0 Å². The van der Waals surface area contributed by atoms with Gasteiger partial charge in [-0.3, -0.25) is 4.79 Å². The summed E-state index contributed by atoms with van der Waals surface area (Å²) in [7, 11) is 0. The summed E-state index contributed by atoms with van der Waals surface area (Å²) in [5.41, 5.74) is -0.547. The number of hydrogen-bond acceptors (Lipinski definition) is 2. The highest BCUT2D eigenvalue weighted by molar-refractivity contribution is 5.95. The van der Waals surface area contributed by atoms with Crippen molar-refractivity contribution < 1.29 is 18.7 Å². The second-order valence-corrected chi connectivity index (χ2v) is 5.73. The maximum Gasteiger partial charge on any atom is 0.257 e. The monoisotopic (exact) mass is 285 g/mol. The summed E-state index contributed by atoms with van der Waals surface area (Å²) in [5, 5.41) is 11.4. The fourth-order valence-corrected chi connectivity index (χ4v) is 1.92. The van der Waals surface area contributed by atoms with Crippen LogP contribution in [0.4, 0.5) is 8.78 Å². The van der Waals surface area contributed by atoms with Crippen molar-refractivity contribution in [3.8, 4) is 0 Å². The van der Waals surface area contributed by atoms with Crippen molar-refractivity contribution in [2.45, 2.75) is 33.6 Å². The van der Waals surface area contributed by atoms with Crippen LogP contribution < -0.4 is 5.32 Å². The van der Waals surface area contributed by atoms with Crippen molar-refractivity contribution in [1.29, 1.82) is 0 Å². The normalized spacial score (nSPS) is 11.5. The van der Waals surface area contributed by atoms with Gasteiger partial charge in [-0.2, -0.15) is 0 Å². The maximum absolute atomic E-state index is 13.8. The van der Waals surface area contributed by atoms with Crippen molar-refractivity contribution in [1.82, 2.24) is 5.32 Å². The number of aliphatic hydroxyl groups excluding tert-OH is 1. The smallest absolute Gasteiger partial charge is 0.257 e. The van der Waals surface area contributed by atoms with E-state index in [2.05, 4.69) is 5.32 Å². The van der Waals surface area contributed by atoms with Crippen LogP contribution in [-0.2, 0) is 0 Å². The summed E-state index contributed by atoms with van der Waals surface area (Å²) in [6, 6.07) is 2.39. The van der Waals surface area contributed by atoms with E-state index >= 15 is 0 Å². The van der Waals surface area contributed by atoms with E-state index in [1.54, 1.807) is 0 Å². The maximum atomic E-state index is 13.8. The van der Waals surface area contributed by atoms with Crippen LogP contribution in [0.15, 0.2) is 12.1 Å². The highest BCUT2D eigenvalue weighted by Gasteiger charge is 2.22. The van der Waals surface area contributed by atoms with Crippen LogP contribution in [0, 0.1) is 24.0 Å². The lowest BCUT2D eigenvalue weighted by molar-refractivity contribution is 0.0924. The standard InChI is InChI=1S/C15H21F2NO2/c1-10-5-6-11(16)12(13(10)17)14(20)18-9-15(2,3)7-4-8-19/h5-6,19H,4,7-9H2,1-3H3,(H,18,20). The SMILES string of the molecule is Cc1ccc(F)c(C(=O)NCC(C)(C)CCCO)c1F. The van der Waals surface area contributed by atoms with Crippen LogP contribution in [0.1, 0.15) is 42.6 Å². The molecule has 1 amide bonds. The van der Waals surface area contributed by atoms with E-state index in [4.69, 9.17) is 5.11 Å². The summed E-state index contributed by atoms with van der Waals surface area (Å²) in [6.07, 6.45) is 1.33. The fraction of sp³-hybridized carbons (Fsp3) is 0.533. The molecule has 5 heteroatoms. The van der Waals surface area contributed by atoms with Gasteiger partial charge >= 0.3 is 0 Å². The minimum Gasteiger partial charge on any atom is -0.396 e. The molecular weight excluding hydrogens is 264 g/mol. The van der Waals surface area contributed by atoms with Gasteiger partial charge < -0.3 is 10.4 Å². The molecule has 3 nitrogen and oxygen atoms in total. The Bertz CT molecular complexity index is 487. The number of carbonyl (C=O) groups excluding carboxylic acids is 1. The van der Waals surface area contributed by atoms with Gasteiger partial charge in [-0.25, -0.2) is 8.78 Å². The third-order valence-corrected chi connectivity index (χ3v) is 3.25. The molecule has 112 valence electrons. The van der Waals surface area contributed by atoms with E-state index in [9.17, 15) is 13.6 Å². The van der Waals surface area contributed by atoms with Crippen LogP contribution >= 0.6 is 0 Å². The van der Waals surface area contributed by atoms with Crippen molar-refractivity contribution in [3.05, 3.63) is 34.9 Å². The number of aliphatic hydroxyl groups is 1. The number of nitrogens with one attached hydrogen (secondary N) is 1. The molecule has 0 heterocycles. The van der Waals surface area contributed by atoms with E-state index in [1.165, 1.54) is 13.0 Å². The highest BCUT2D eigenvalue weighted by atomic mass is 19.1. The molecule has 20 heavy (non-hydrogen) atoms. The van der Waals surface area contributed by atoms with E-state index < -0.39 is 23.1 Å². The van der Waals surface area contributed by atoms with Crippen LogP contribution in [0.25, 0.3) is 0 Å². The lowest BCUT2D eigenvalue weighted by Crippen LogP contribution is -2.35. The molecule has 0 spiro atoms. The molecule has 0 fully saturated rings. The number of carbonyl (C=O) groups is 1. The second kappa shape index (κ2) is 6.79.